The van der Waals surface area contributed by atoms with Gasteiger partial charge < -0.3 is 25.2 Å². The lowest BCUT2D eigenvalue weighted by Crippen LogP contribution is -2.16. The van der Waals surface area contributed by atoms with E-state index in [1.54, 1.807) is 7.11 Å². The Labute approximate surface area is 159 Å². The van der Waals surface area contributed by atoms with E-state index in [-0.39, 0.29) is 0 Å². The third-order valence-electron chi connectivity index (χ3n) is 3.71. The van der Waals surface area contributed by atoms with Gasteiger partial charge >= 0.3 is 11.9 Å². The molecule has 0 aromatic heterocycles. The predicted octanol–water partition coefficient (Wildman–Crippen LogP) is 2.25. The topological polar surface area (TPSA) is 99.1 Å². The summed E-state index contributed by atoms with van der Waals surface area (Å²) in [7, 11) is 5.81. The summed E-state index contributed by atoms with van der Waals surface area (Å²) in [5, 5.41) is 18.3. The van der Waals surface area contributed by atoms with Crippen molar-refractivity contribution in [3.63, 3.8) is 0 Å². The average Bonchev–Trinajstić information content (AvgIpc) is 2.66. The van der Waals surface area contributed by atoms with E-state index < -0.39 is 11.9 Å². The molecule has 0 aliphatic rings. The molecule has 0 radical (unpaired) electrons. The van der Waals surface area contributed by atoms with E-state index in [0.29, 0.717) is 0 Å². The number of nitrogens with one attached hydrogen (secondary N) is 1. The Morgan fingerprint density at radius 2 is 1.44 bits per heavy atom. The van der Waals surface area contributed by atoms with Crippen molar-refractivity contribution in [3.05, 3.63) is 59.7 Å². The third kappa shape index (κ3) is 8.73. The maximum Gasteiger partial charge on any atom is 0.414 e. The van der Waals surface area contributed by atoms with Crippen LogP contribution in [0.2, 0.25) is 0 Å². The Kier molecular flexibility index (Phi) is 9.39. The molecule has 0 saturated heterocycles. The van der Waals surface area contributed by atoms with Gasteiger partial charge in [0.1, 0.15) is 5.75 Å². The maximum absolute atomic E-state index is 9.10. The number of anilines is 1. The monoisotopic (exact) mass is 374 g/mol. The summed E-state index contributed by atoms with van der Waals surface area (Å²) < 4.78 is 5.16. The molecule has 0 saturated carbocycles. The van der Waals surface area contributed by atoms with Gasteiger partial charge in [-0.25, -0.2) is 9.59 Å². The molecule has 27 heavy (non-hydrogen) atoms. The molecule has 0 unspecified atom stereocenters. The zero-order valence-corrected chi connectivity index (χ0v) is 15.8. The average molecular weight is 374 g/mol. The number of carboxylic acids is 2. The van der Waals surface area contributed by atoms with Gasteiger partial charge in [-0.2, -0.15) is 0 Å². The van der Waals surface area contributed by atoms with E-state index in [1.807, 2.05) is 12.1 Å². The Hall–Kier alpha value is -3.06. The van der Waals surface area contributed by atoms with Crippen LogP contribution in [-0.2, 0) is 22.6 Å². The molecule has 0 heterocycles. The highest BCUT2D eigenvalue weighted by Crippen LogP contribution is 2.13. The van der Waals surface area contributed by atoms with Gasteiger partial charge in [0.05, 0.1) is 7.11 Å². The zero-order valence-electron chi connectivity index (χ0n) is 15.8. The highest BCUT2D eigenvalue weighted by atomic mass is 16.5. The van der Waals surface area contributed by atoms with Crippen molar-refractivity contribution in [1.29, 1.82) is 0 Å². The molecule has 0 spiro atoms. The van der Waals surface area contributed by atoms with Gasteiger partial charge in [0.15, 0.2) is 0 Å². The minimum atomic E-state index is -1.82. The number of carboxylic acid groups (broad SMARTS) is 2. The molecule has 2 rings (SSSR count). The second kappa shape index (κ2) is 11.5. The number of benzene rings is 2. The minimum Gasteiger partial charge on any atom is -0.497 e. The standard InChI is InChI=1S/C18H24N2O.C2H2O4/c1-20(2)17-8-4-16(5-9-17)14-19-13-12-15-6-10-18(21-3)11-7-15;3-1(4)2(5)6/h4-11,19H,12-14H2,1-3H3;(H,3,4)(H,5,6). The Morgan fingerprint density at radius 3 is 1.89 bits per heavy atom. The molecule has 146 valence electrons. The summed E-state index contributed by atoms with van der Waals surface area (Å²) in [5.41, 5.74) is 3.87. The van der Waals surface area contributed by atoms with Crippen LogP contribution in [0.3, 0.4) is 0 Å². The molecule has 0 aliphatic heterocycles. The number of methoxy groups -OCH3 is 1. The Morgan fingerprint density at radius 1 is 0.926 bits per heavy atom. The first kappa shape index (κ1) is 22.0. The van der Waals surface area contributed by atoms with Gasteiger partial charge in [-0.15, -0.1) is 0 Å². The van der Waals surface area contributed by atoms with Crippen LogP contribution in [0.25, 0.3) is 0 Å². The smallest absolute Gasteiger partial charge is 0.414 e. The number of carbonyl (C=O) groups is 2. The number of hydrogen-bond acceptors (Lipinski definition) is 5. The summed E-state index contributed by atoms with van der Waals surface area (Å²) in [6.45, 7) is 1.88. The summed E-state index contributed by atoms with van der Waals surface area (Å²) in [4.78, 5) is 20.3. The van der Waals surface area contributed by atoms with Gasteiger partial charge in [0, 0.05) is 26.3 Å². The van der Waals surface area contributed by atoms with Crippen molar-refractivity contribution < 1.29 is 24.5 Å². The quantitative estimate of drug-likeness (QED) is 0.505. The highest BCUT2D eigenvalue weighted by molar-refractivity contribution is 6.27. The summed E-state index contributed by atoms with van der Waals surface area (Å²) in [5.74, 6) is -2.74. The zero-order chi connectivity index (χ0) is 20.2. The highest BCUT2D eigenvalue weighted by Gasteiger charge is 2.04. The van der Waals surface area contributed by atoms with E-state index >= 15 is 0 Å². The lowest BCUT2D eigenvalue weighted by molar-refractivity contribution is -0.159. The number of rotatable bonds is 7. The van der Waals surface area contributed by atoms with Crippen LogP contribution >= 0.6 is 0 Å². The molecule has 3 N–H and O–H groups in total. The maximum atomic E-state index is 9.10. The number of aliphatic carboxylic acids is 2. The lowest BCUT2D eigenvalue weighted by atomic mass is 10.1. The summed E-state index contributed by atoms with van der Waals surface area (Å²) in [6, 6.07) is 16.9. The Bertz CT molecular complexity index is 700. The van der Waals surface area contributed by atoms with E-state index in [0.717, 1.165) is 25.3 Å². The minimum absolute atomic E-state index is 0.907. The van der Waals surface area contributed by atoms with Gasteiger partial charge in [-0.1, -0.05) is 24.3 Å². The van der Waals surface area contributed by atoms with E-state index in [2.05, 4.69) is 60.7 Å². The fourth-order valence-corrected chi connectivity index (χ4v) is 2.17. The van der Waals surface area contributed by atoms with Gasteiger partial charge in [-0.3, -0.25) is 0 Å². The molecule has 2 aromatic rings. The summed E-state index contributed by atoms with van der Waals surface area (Å²) in [6.07, 6.45) is 1.03. The molecular formula is C20H26N2O5. The van der Waals surface area contributed by atoms with E-state index in [4.69, 9.17) is 24.5 Å². The van der Waals surface area contributed by atoms with Gasteiger partial charge in [-0.05, 0) is 48.4 Å². The SMILES string of the molecule is COc1ccc(CCNCc2ccc(N(C)C)cc2)cc1.O=C(O)C(=O)O. The van der Waals surface area contributed by atoms with Crippen molar-refractivity contribution >= 4 is 17.6 Å². The van der Waals surface area contributed by atoms with Crippen LogP contribution in [0.15, 0.2) is 48.5 Å². The van der Waals surface area contributed by atoms with E-state index in [9.17, 15) is 0 Å². The molecule has 0 atom stereocenters. The van der Waals surface area contributed by atoms with Crippen LogP contribution in [0, 0.1) is 0 Å². The second-order valence-corrected chi connectivity index (χ2v) is 5.95. The molecule has 7 nitrogen and oxygen atoms in total. The number of hydrogen-bond donors (Lipinski definition) is 3. The molecular weight excluding hydrogens is 348 g/mol. The third-order valence-corrected chi connectivity index (χ3v) is 3.71. The van der Waals surface area contributed by atoms with Gasteiger partial charge in [0.25, 0.3) is 0 Å². The van der Waals surface area contributed by atoms with Crippen molar-refractivity contribution in [3.8, 4) is 5.75 Å². The fourth-order valence-electron chi connectivity index (χ4n) is 2.17. The van der Waals surface area contributed by atoms with Crippen LogP contribution in [0.4, 0.5) is 5.69 Å². The molecule has 0 aliphatic carbocycles. The lowest BCUT2D eigenvalue weighted by Gasteiger charge is -2.13. The molecule has 2 aromatic carbocycles. The van der Waals surface area contributed by atoms with Crippen LogP contribution < -0.4 is 15.0 Å². The van der Waals surface area contributed by atoms with Gasteiger partial charge in [0.2, 0.25) is 0 Å². The number of nitrogens with zero attached hydrogens (tertiary/aromatic N) is 1. The number of ether oxygens (including phenoxy) is 1. The molecule has 7 heteroatoms. The Balaban J connectivity index is 0.000000527. The molecule has 0 fully saturated rings. The fraction of sp³-hybridized carbons (Fsp3) is 0.300. The molecule has 0 amide bonds. The first-order valence-electron chi connectivity index (χ1n) is 8.39. The van der Waals surface area contributed by atoms with Crippen LogP contribution in [0.5, 0.6) is 5.75 Å². The largest absolute Gasteiger partial charge is 0.497 e. The second-order valence-electron chi connectivity index (χ2n) is 5.95. The first-order valence-corrected chi connectivity index (χ1v) is 8.39. The van der Waals surface area contributed by atoms with Crippen LogP contribution in [-0.4, -0.2) is 49.9 Å². The molecule has 0 bridgehead atoms. The predicted molar refractivity (Wildman–Crippen MR) is 104 cm³/mol. The summed E-state index contributed by atoms with van der Waals surface area (Å²) >= 11 is 0. The van der Waals surface area contributed by atoms with Crippen molar-refractivity contribution in [2.45, 2.75) is 13.0 Å². The van der Waals surface area contributed by atoms with E-state index in [1.165, 1.54) is 16.8 Å². The first-order chi connectivity index (χ1) is 12.8. The van der Waals surface area contributed by atoms with Crippen molar-refractivity contribution in [2.24, 2.45) is 0 Å². The normalized spacial score (nSPS) is 9.74. The van der Waals surface area contributed by atoms with Crippen molar-refractivity contribution in [1.82, 2.24) is 5.32 Å². The van der Waals surface area contributed by atoms with Crippen LogP contribution in [0.1, 0.15) is 11.1 Å². The van der Waals surface area contributed by atoms with Crippen molar-refractivity contribution in [2.75, 3.05) is 32.6 Å².